The first-order valence-corrected chi connectivity index (χ1v) is 8.73. The Bertz CT molecular complexity index is 1220. The molecule has 2 aromatic heterocycles. The predicted molar refractivity (Wildman–Crippen MR) is 105 cm³/mol. The van der Waals surface area contributed by atoms with Gasteiger partial charge in [-0.3, -0.25) is 9.59 Å². The molecule has 0 saturated heterocycles. The van der Waals surface area contributed by atoms with Gasteiger partial charge < -0.3 is 14.4 Å². The first-order chi connectivity index (χ1) is 12.7. The summed E-state index contributed by atoms with van der Waals surface area (Å²) < 4.78 is 5.45. The van der Waals surface area contributed by atoms with Crippen LogP contribution < -0.4 is 21.8 Å². The minimum Gasteiger partial charge on any atom is -0.447 e. The van der Waals surface area contributed by atoms with Gasteiger partial charge in [0.25, 0.3) is 11.1 Å². The molecule has 0 spiro atoms. The Kier molecular flexibility index (Phi) is 4.74. The average molecular weight is 365 g/mol. The molecule has 2 N–H and O–H groups in total. The molecule has 0 saturated carbocycles. The van der Waals surface area contributed by atoms with E-state index >= 15 is 0 Å². The van der Waals surface area contributed by atoms with Crippen molar-refractivity contribution in [3.63, 3.8) is 0 Å². The van der Waals surface area contributed by atoms with Gasteiger partial charge in [0, 0.05) is 5.41 Å². The van der Waals surface area contributed by atoms with E-state index in [1.165, 1.54) is 12.5 Å². The number of hydrogen-bond donors (Lipinski definition) is 2. The number of nitrogens with zero attached hydrogens (tertiary/aromatic N) is 1. The Morgan fingerprint density at radius 2 is 1.63 bits per heavy atom. The van der Waals surface area contributed by atoms with E-state index in [2.05, 4.69) is 15.0 Å². The van der Waals surface area contributed by atoms with E-state index in [0.717, 1.165) is 16.7 Å². The Balaban J connectivity index is 2.16. The first kappa shape index (κ1) is 18.6. The largest absolute Gasteiger partial charge is 0.447 e. The Labute approximate surface area is 156 Å². The van der Waals surface area contributed by atoms with Gasteiger partial charge in [0.2, 0.25) is 0 Å². The standard InChI is InChI=1S/C21H23N3O3/c1-12-7-6-8-14(13(12)2)9-16-19(25)24-17(20(26)23-16)10-15-18(21(3,4)5)27-11-22-15/h6-11H,1-5H3,(H,23,26)(H,24,25). The second kappa shape index (κ2) is 6.87. The van der Waals surface area contributed by atoms with Crippen LogP contribution in [0.5, 0.6) is 0 Å². The van der Waals surface area contributed by atoms with Crippen LogP contribution in [0.2, 0.25) is 0 Å². The zero-order valence-electron chi connectivity index (χ0n) is 16.1. The molecule has 0 aliphatic rings. The number of oxazole rings is 1. The van der Waals surface area contributed by atoms with Crippen molar-refractivity contribution >= 4 is 12.2 Å². The topological polar surface area (TPSA) is 91.8 Å². The third kappa shape index (κ3) is 3.84. The summed E-state index contributed by atoms with van der Waals surface area (Å²) in [5, 5.41) is 0.347. The van der Waals surface area contributed by atoms with Crippen molar-refractivity contribution in [2.24, 2.45) is 0 Å². The molecule has 3 rings (SSSR count). The van der Waals surface area contributed by atoms with E-state index in [9.17, 15) is 9.59 Å². The predicted octanol–water partition coefficient (Wildman–Crippen LogP) is 1.62. The summed E-state index contributed by atoms with van der Waals surface area (Å²) in [7, 11) is 0. The summed E-state index contributed by atoms with van der Waals surface area (Å²) in [6.07, 6.45) is 4.55. The lowest BCUT2D eigenvalue weighted by Crippen LogP contribution is -2.46. The SMILES string of the molecule is Cc1cccc(C=c2[nH]c(=O)c(=Cc3ncoc3C(C)(C)C)[nH]c2=O)c1C. The van der Waals surface area contributed by atoms with Gasteiger partial charge in [0.1, 0.15) is 22.2 Å². The average Bonchev–Trinajstić information content (AvgIpc) is 3.05. The molecular weight excluding hydrogens is 342 g/mol. The highest BCUT2D eigenvalue weighted by molar-refractivity contribution is 5.54. The van der Waals surface area contributed by atoms with E-state index in [4.69, 9.17) is 4.42 Å². The van der Waals surface area contributed by atoms with Gasteiger partial charge >= 0.3 is 0 Å². The number of hydrogen-bond acceptors (Lipinski definition) is 4. The van der Waals surface area contributed by atoms with Crippen LogP contribution in [0, 0.1) is 13.8 Å². The Morgan fingerprint density at radius 1 is 1.00 bits per heavy atom. The molecule has 6 heteroatoms. The van der Waals surface area contributed by atoms with Crippen LogP contribution >= 0.6 is 0 Å². The van der Waals surface area contributed by atoms with Crippen LogP contribution in [0.1, 0.15) is 48.9 Å². The number of benzene rings is 1. The summed E-state index contributed by atoms with van der Waals surface area (Å²) in [4.78, 5) is 34.4. The molecule has 0 aliphatic heterocycles. The van der Waals surface area contributed by atoms with Crippen molar-refractivity contribution in [1.82, 2.24) is 15.0 Å². The quantitative estimate of drug-likeness (QED) is 0.722. The minimum absolute atomic E-state index is 0.137. The number of nitrogens with one attached hydrogen (secondary N) is 2. The van der Waals surface area contributed by atoms with Gasteiger partial charge in [-0.2, -0.15) is 0 Å². The zero-order chi connectivity index (χ0) is 19.8. The van der Waals surface area contributed by atoms with Crippen molar-refractivity contribution in [2.75, 3.05) is 0 Å². The summed E-state index contributed by atoms with van der Waals surface area (Å²) in [5.74, 6) is 0.647. The van der Waals surface area contributed by atoms with Crippen LogP contribution in [0.15, 0.2) is 38.6 Å². The van der Waals surface area contributed by atoms with Crippen molar-refractivity contribution in [2.45, 2.75) is 40.0 Å². The molecular formula is C21H23N3O3. The molecule has 140 valence electrons. The van der Waals surface area contributed by atoms with Crippen LogP contribution in [0.3, 0.4) is 0 Å². The van der Waals surface area contributed by atoms with Crippen molar-refractivity contribution in [3.05, 3.63) is 84.1 Å². The Morgan fingerprint density at radius 3 is 2.26 bits per heavy atom. The number of rotatable bonds is 2. The molecule has 1 aromatic carbocycles. The molecule has 0 unspecified atom stereocenters. The van der Waals surface area contributed by atoms with E-state index in [1.54, 1.807) is 6.08 Å². The molecule has 27 heavy (non-hydrogen) atoms. The summed E-state index contributed by atoms with van der Waals surface area (Å²) in [6, 6.07) is 5.83. The second-order valence-corrected chi connectivity index (χ2v) is 7.63. The summed E-state index contributed by atoms with van der Waals surface area (Å²) in [6.45, 7) is 9.94. The van der Waals surface area contributed by atoms with E-state index in [1.807, 2.05) is 52.8 Å². The van der Waals surface area contributed by atoms with Gasteiger partial charge in [-0.1, -0.05) is 39.0 Å². The lowest BCUT2D eigenvalue weighted by molar-refractivity contribution is 0.407. The molecule has 3 aromatic rings. The van der Waals surface area contributed by atoms with Gasteiger partial charge in [0.05, 0.1) is 0 Å². The lowest BCUT2D eigenvalue weighted by atomic mass is 9.92. The van der Waals surface area contributed by atoms with Gasteiger partial charge in [-0.15, -0.1) is 0 Å². The smallest absolute Gasteiger partial charge is 0.272 e. The molecule has 0 radical (unpaired) electrons. The van der Waals surface area contributed by atoms with Crippen LogP contribution in [-0.4, -0.2) is 15.0 Å². The van der Waals surface area contributed by atoms with Crippen LogP contribution in [0.4, 0.5) is 0 Å². The third-order valence-corrected chi connectivity index (χ3v) is 4.49. The highest BCUT2D eigenvalue weighted by Crippen LogP contribution is 2.25. The zero-order valence-corrected chi connectivity index (χ0v) is 16.1. The summed E-state index contributed by atoms with van der Waals surface area (Å²) in [5.41, 5.74) is 2.55. The molecule has 2 heterocycles. The van der Waals surface area contributed by atoms with Gasteiger partial charge in [-0.05, 0) is 42.7 Å². The maximum absolute atomic E-state index is 12.5. The Hall–Kier alpha value is -3.15. The monoisotopic (exact) mass is 365 g/mol. The second-order valence-electron chi connectivity index (χ2n) is 7.63. The minimum atomic E-state index is -0.394. The van der Waals surface area contributed by atoms with Gasteiger partial charge in [-0.25, -0.2) is 4.98 Å². The summed E-state index contributed by atoms with van der Waals surface area (Å²) >= 11 is 0. The fourth-order valence-electron chi connectivity index (χ4n) is 2.84. The molecule has 0 bridgehead atoms. The highest BCUT2D eigenvalue weighted by atomic mass is 16.3. The van der Waals surface area contributed by atoms with E-state index in [-0.39, 0.29) is 21.7 Å². The maximum Gasteiger partial charge on any atom is 0.272 e. The number of H-pyrrole nitrogens is 2. The maximum atomic E-state index is 12.5. The van der Waals surface area contributed by atoms with Crippen molar-refractivity contribution in [1.29, 1.82) is 0 Å². The highest BCUT2D eigenvalue weighted by Gasteiger charge is 2.21. The fourth-order valence-corrected chi connectivity index (χ4v) is 2.84. The van der Waals surface area contributed by atoms with Crippen LogP contribution in [-0.2, 0) is 5.41 Å². The van der Waals surface area contributed by atoms with Crippen molar-refractivity contribution in [3.8, 4) is 0 Å². The van der Waals surface area contributed by atoms with Crippen molar-refractivity contribution < 1.29 is 4.42 Å². The van der Waals surface area contributed by atoms with Crippen LogP contribution in [0.25, 0.3) is 12.2 Å². The molecule has 0 atom stereocenters. The van der Waals surface area contributed by atoms with E-state index in [0.29, 0.717) is 11.5 Å². The molecule has 6 nitrogen and oxygen atoms in total. The lowest BCUT2D eigenvalue weighted by Gasteiger charge is -2.14. The number of aromatic amines is 2. The number of aromatic nitrogens is 3. The fraction of sp³-hybridized carbons (Fsp3) is 0.286. The normalized spacial score (nSPS) is 13.4. The van der Waals surface area contributed by atoms with Gasteiger partial charge in [0.15, 0.2) is 6.39 Å². The number of aryl methyl sites for hydroxylation is 1. The third-order valence-electron chi connectivity index (χ3n) is 4.49. The first-order valence-electron chi connectivity index (χ1n) is 8.73. The molecule has 0 fully saturated rings. The van der Waals surface area contributed by atoms with E-state index < -0.39 is 5.56 Å². The molecule has 0 amide bonds. The molecule has 0 aliphatic carbocycles.